The number of aryl methyl sites for hydroxylation is 1. The number of rotatable bonds is 8. The molecule has 1 unspecified atom stereocenters. The molecule has 3 heterocycles. The maximum absolute atomic E-state index is 12.3. The van der Waals surface area contributed by atoms with Gasteiger partial charge in [-0.1, -0.05) is 11.2 Å². The van der Waals surface area contributed by atoms with Crippen molar-refractivity contribution in [3.8, 4) is 11.6 Å². The fourth-order valence-electron chi connectivity index (χ4n) is 2.31. The Kier molecular flexibility index (Phi) is 5.80. The number of esters is 1. The van der Waals surface area contributed by atoms with Crippen LogP contribution in [0.15, 0.2) is 44.8 Å². The van der Waals surface area contributed by atoms with Gasteiger partial charge in [-0.3, -0.25) is 9.59 Å². The number of ether oxygens (including phenoxy) is 1. The average Bonchev–Trinajstić information content (AvgIpc) is 3.41. The number of nitrogens with one attached hydrogen (secondary N) is 1. The quantitative estimate of drug-likeness (QED) is 0.603. The lowest BCUT2D eigenvalue weighted by Crippen LogP contribution is -2.30. The number of methoxy groups -OCH3 is 1. The first-order valence-electron chi connectivity index (χ1n) is 7.91. The van der Waals surface area contributed by atoms with E-state index in [1.165, 1.54) is 24.7 Å². The number of aromatic nitrogens is 2. The van der Waals surface area contributed by atoms with Crippen LogP contribution in [0.2, 0.25) is 0 Å². The van der Waals surface area contributed by atoms with E-state index in [1.807, 2.05) is 17.5 Å². The Labute approximate surface area is 153 Å². The second-order valence-corrected chi connectivity index (χ2v) is 6.38. The summed E-state index contributed by atoms with van der Waals surface area (Å²) in [5, 5.41) is 8.56. The van der Waals surface area contributed by atoms with Crippen molar-refractivity contribution >= 4 is 23.2 Å². The van der Waals surface area contributed by atoms with Crippen LogP contribution >= 0.6 is 11.3 Å². The largest absolute Gasteiger partial charge is 0.469 e. The van der Waals surface area contributed by atoms with Gasteiger partial charge < -0.3 is 19.0 Å². The third-order valence-electron chi connectivity index (χ3n) is 3.60. The SMILES string of the molecule is COC(=O)CC(NC(=O)CCc1nc(-c2ccco2)no1)c1cccs1. The van der Waals surface area contributed by atoms with E-state index in [9.17, 15) is 9.59 Å². The molecule has 8 nitrogen and oxygen atoms in total. The summed E-state index contributed by atoms with van der Waals surface area (Å²) >= 11 is 1.47. The molecule has 0 bridgehead atoms. The number of amides is 1. The van der Waals surface area contributed by atoms with Crippen molar-refractivity contribution in [1.29, 1.82) is 0 Å². The highest BCUT2D eigenvalue weighted by Crippen LogP contribution is 2.23. The lowest BCUT2D eigenvalue weighted by Gasteiger charge is -2.16. The topological polar surface area (TPSA) is 107 Å². The second kappa shape index (κ2) is 8.43. The summed E-state index contributed by atoms with van der Waals surface area (Å²) in [7, 11) is 1.32. The fourth-order valence-corrected chi connectivity index (χ4v) is 3.09. The summed E-state index contributed by atoms with van der Waals surface area (Å²) < 4.78 is 15.0. The third-order valence-corrected chi connectivity index (χ3v) is 4.58. The van der Waals surface area contributed by atoms with Crippen LogP contribution in [-0.4, -0.2) is 29.1 Å². The molecular formula is C17H17N3O5S. The van der Waals surface area contributed by atoms with Crippen LogP contribution in [0.4, 0.5) is 0 Å². The summed E-state index contributed by atoms with van der Waals surface area (Å²) in [6.45, 7) is 0. The zero-order valence-electron chi connectivity index (χ0n) is 14.0. The standard InChI is InChI=1S/C17H17N3O5S/c1-23-16(22)10-11(13-5-3-9-26-13)18-14(21)6-7-15-19-17(20-25-15)12-4-2-8-24-12/h2-5,8-9,11H,6-7,10H2,1H3,(H,18,21). The van der Waals surface area contributed by atoms with Crippen molar-refractivity contribution in [2.45, 2.75) is 25.3 Å². The molecule has 26 heavy (non-hydrogen) atoms. The van der Waals surface area contributed by atoms with Crippen LogP contribution in [0.25, 0.3) is 11.6 Å². The number of thiophene rings is 1. The van der Waals surface area contributed by atoms with E-state index in [0.29, 0.717) is 17.5 Å². The van der Waals surface area contributed by atoms with E-state index in [1.54, 1.807) is 12.1 Å². The van der Waals surface area contributed by atoms with E-state index in [2.05, 4.69) is 15.5 Å². The molecule has 0 fully saturated rings. The highest BCUT2D eigenvalue weighted by Gasteiger charge is 2.20. The summed E-state index contributed by atoms with van der Waals surface area (Å²) in [6, 6.07) is 6.76. The molecule has 0 aliphatic carbocycles. The first-order valence-corrected chi connectivity index (χ1v) is 8.79. The van der Waals surface area contributed by atoms with E-state index < -0.39 is 6.04 Å². The molecule has 3 aromatic heterocycles. The molecule has 3 aromatic rings. The van der Waals surface area contributed by atoms with Crippen LogP contribution in [0.1, 0.15) is 29.7 Å². The average molecular weight is 375 g/mol. The Morgan fingerprint density at radius 2 is 2.23 bits per heavy atom. The molecular weight excluding hydrogens is 358 g/mol. The van der Waals surface area contributed by atoms with Crippen LogP contribution < -0.4 is 5.32 Å². The molecule has 136 valence electrons. The predicted octanol–water partition coefficient (Wildman–Crippen LogP) is 2.74. The maximum atomic E-state index is 12.3. The predicted molar refractivity (Wildman–Crippen MR) is 92.2 cm³/mol. The number of furan rings is 1. The van der Waals surface area contributed by atoms with Gasteiger partial charge in [0.05, 0.1) is 25.8 Å². The molecule has 0 aliphatic rings. The van der Waals surface area contributed by atoms with Gasteiger partial charge in [-0.05, 0) is 23.6 Å². The molecule has 3 rings (SSSR count). The molecule has 0 spiro atoms. The third kappa shape index (κ3) is 4.57. The van der Waals surface area contributed by atoms with E-state index in [0.717, 1.165) is 4.88 Å². The van der Waals surface area contributed by atoms with Crippen molar-refractivity contribution in [3.05, 3.63) is 46.7 Å². The number of carbonyl (C=O) groups excluding carboxylic acids is 2. The summed E-state index contributed by atoms with van der Waals surface area (Å²) in [5.41, 5.74) is 0. The van der Waals surface area contributed by atoms with Crippen LogP contribution in [-0.2, 0) is 20.7 Å². The van der Waals surface area contributed by atoms with Gasteiger partial charge in [0.1, 0.15) is 0 Å². The molecule has 0 aliphatic heterocycles. The number of nitrogens with zero attached hydrogens (tertiary/aromatic N) is 2. The number of hydrogen-bond donors (Lipinski definition) is 1. The molecule has 0 aromatic carbocycles. The van der Waals surface area contributed by atoms with Crippen molar-refractivity contribution in [2.75, 3.05) is 7.11 Å². The Bertz CT molecular complexity index is 842. The summed E-state index contributed by atoms with van der Waals surface area (Å²) in [6.07, 6.45) is 2.04. The lowest BCUT2D eigenvalue weighted by molar-refractivity contribution is -0.141. The molecule has 0 saturated heterocycles. The van der Waals surface area contributed by atoms with Crippen LogP contribution in [0.3, 0.4) is 0 Å². The number of carbonyl (C=O) groups is 2. The van der Waals surface area contributed by atoms with Crippen molar-refractivity contribution in [1.82, 2.24) is 15.5 Å². The van der Waals surface area contributed by atoms with Crippen molar-refractivity contribution < 1.29 is 23.3 Å². The minimum atomic E-state index is -0.420. The molecule has 1 N–H and O–H groups in total. The highest BCUT2D eigenvalue weighted by atomic mass is 32.1. The van der Waals surface area contributed by atoms with Gasteiger partial charge in [-0.2, -0.15) is 4.98 Å². The molecule has 0 saturated carbocycles. The second-order valence-electron chi connectivity index (χ2n) is 5.40. The number of hydrogen-bond acceptors (Lipinski definition) is 8. The van der Waals surface area contributed by atoms with Gasteiger partial charge in [0.25, 0.3) is 0 Å². The van der Waals surface area contributed by atoms with Gasteiger partial charge in [-0.25, -0.2) is 0 Å². The monoisotopic (exact) mass is 375 g/mol. The van der Waals surface area contributed by atoms with E-state index in [4.69, 9.17) is 13.7 Å². The van der Waals surface area contributed by atoms with Gasteiger partial charge in [0, 0.05) is 17.7 Å². The first-order chi connectivity index (χ1) is 12.7. The molecule has 9 heteroatoms. The van der Waals surface area contributed by atoms with Crippen LogP contribution in [0.5, 0.6) is 0 Å². The van der Waals surface area contributed by atoms with Gasteiger partial charge in [0.2, 0.25) is 17.6 Å². The Morgan fingerprint density at radius 1 is 1.35 bits per heavy atom. The van der Waals surface area contributed by atoms with E-state index in [-0.39, 0.29) is 31.1 Å². The summed E-state index contributed by atoms with van der Waals surface area (Å²) in [4.78, 5) is 28.9. The first kappa shape index (κ1) is 17.9. The minimum Gasteiger partial charge on any atom is -0.469 e. The van der Waals surface area contributed by atoms with Gasteiger partial charge >= 0.3 is 5.97 Å². The fraction of sp³-hybridized carbons (Fsp3) is 0.294. The lowest BCUT2D eigenvalue weighted by atomic mass is 10.1. The van der Waals surface area contributed by atoms with Crippen LogP contribution in [0, 0.1) is 0 Å². The van der Waals surface area contributed by atoms with Gasteiger partial charge in [-0.15, -0.1) is 11.3 Å². The Hall–Kier alpha value is -2.94. The molecule has 1 atom stereocenters. The van der Waals surface area contributed by atoms with E-state index >= 15 is 0 Å². The zero-order valence-corrected chi connectivity index (χ0v) is 14.8. The van der Waals surface area contributed by atoms with Gasteiger partial charge in [0.15, 0.2) is 5.76 Å². The highest BCUT2D eigenvalue weighted by molar-refractivity contribution is 7.10. The molecule has 1 amide bonds. The summed E-state index contributed by atoms with van der Waals surface area (Å²) in [5.74, 6) is 0.578. The smallest absolute Gasteiger partial charge is 0.307 e. The maximum Gasteiger partial charge on any atom is 0.307 e. The minimum absolute atomic E-state index is 0.0753. The Morgan fingerprint density at radius 3 is 2.92 bits per heavy atom. The van der Waals surface area contributed by atoms with Crippen molar-refractivity contribution in [3.63, 3.8) is 0 Å². The molecule has 0 radical (unpaired) electrons. The Balaban J connectivity index is 1.56. The van der Waals surface area contributed by atoms with Crippen molar-refractivity contribution in [2.24, 2.45) is 0 Å². The zero-order chi connectivity index (χ0) is 18.4. The normalized spacial score (nSPS) is 11.9.